The first kappa shape index (κ1) is 15.7. The Morgan fingerprint density at radius 3 is 2.71 bits per heavy atom. The van der Waals surface area contributed by atoms with Gasteiger partial charge in [0, 0.05) is 13.6 Å². The van der Waals surface area contributed by atoms with Crippen LogP contribution in [0.4, 0.5) is 4.39 Å². The lowest BCUT2D eigenvalue weighted by molar-refractivity contribution is 0.382. The average molecular weight is 312 g/mol. The molecule has 0 atom stereocenters. The lowest BCUT2D eigenvalue weighted by atomic mass is 10.2. The van der Waals surface area contributed by atoms with Gasteiger partial charge in [-0.15, -0.1) is 0 Å². The number of halogens is 1. The van der Waals surface area contributed by atoms with Crippen molar-refractivity contribution in [2.45, 2.75) is 18.2 Å². The van der Waals surface area contributed by atoms with Crippen molar-refractivity contribution in [3.8, 4) is 0 Å². The van der Waals surface area contributed by atoms with E-state index in [1.54, 1.807) is 25.2 Å². The van der Waals surface area contributed by atoms with E-state index in [1.165, 1.54) is 25.2 Å². The molecule has 0 aliphatic heterocycles. The zero-order valence-corrected chi connectivity index (χ0v) is 12.7. The molecule has 0 unspecified atom stereocenters. The standard InChI is InChI=1S/C14H17FN2O3S/c1-16-9-13-6-7-14(20-13)21(18,19)17(2)10-11-4-3-5-12(15)8-11/h3-8,16H,9-10H2,1-2H3. The average Bonchev–Trinajstić information content (AvgIpc) is 2.88. The van der Waals surface area contributed by atoms with Crippen LogP contribution >= 0.6 is 0 Å². The molecule has 0 saturated carbocycles. The number of nitrogens with one attached hydrogen (secondary N) is 1. The number of benzene rings is 1. The largest absolute Gasteiger partial charge is 0.447 e. The van der Waals surface area contributed by atoms with Gasteiger partial charge in [0.05, 0.1) is 6.54 Å². The third kappa shape index (κ3) is 3.69. The molecule has 5 nitrogen and oxygen atoms in total. The second kappa shape index (κ2) is 6.38. The van der Waals surface area contributed by atoms with Crippen molar-refractivity contribution in [3.63, 3.8) is 0 Å². The molecular formula is C14H17FN2O3S. The van der Waals surface area contributed by atoms with Gasteiger partial charge in [-0.05, 0) is 36.9 Å². The normalized spacial score (nSPS) is 12.0. The van der Waals surface area contributed by atoms with Crippen LogP contribution in [0.2, 0.25) is 0 Å². The monoisotopic (exact) mass is 312 g/mol. The molecule has 7 heteroatoms. The Hall–Kier alpha value is -1.70. The fourth-order valence-electron chi connectivity index (χ4n) is 1.90. The van der Waals surface area contributed by atoms with Gasteiger partial charge < -0.3 is 9.73 Å². The van der Waals surface area contributed by atoms with Gasteiger partial charge in [-0.3, -0.25) is 0 Å². The molecule has 0 saturated heterocycles. The minimum Gasteiger partial charge on any atom is -0.447 e. The fourth-order valence-corrected chi connectivity index (χ4v) is 2.98. The summed E-state index contributed by atoms with van der Waals surface area (Å²) in [5.74, 6) is 0.142. The number of nitrogens with zero attached hydrogens (tertiary/aromatic N) is 1. The zero-order valence-electron chi connectivity index (χ0n) is 11.8. The van der Waals surface area contributed by atoms with Gasteiger partial charge in [0.15, 0.2) is 0 Å². The predicted octanol–water partition coefficient (Wildman–Crippen LogP) is 1.96. The maximum atomic E-state index is 13.1. The van der Waals surface area contributed by atoms with Crippen molar-refractivity contribution in [3.05, 3.63) is 53.5 Å². The van der Waals surface area contributed by atoms with Gasteiger partial charge in [0.1, 0.15) is 11.6 Å². The number of furan rings is 1. The van der Waals surface area contributed by atoms with Gasteiger partial charge in [-0.1, -0.05) is 12.1 Å². The van der Waals surface area contributed by atoms with E-state index in [9.17, 15) is 12.8 Å². The molecular weight excluding hydrogens is 295 g/mol. The molecule has 114 valence electrons. The molecule has 2 aromatic rings. The predicted molar refractivity (Wildman–Crippen MR) is 76.5 cm³/mol. The summed E-state index contributed by atoms with van der Waals surface area (Å²) in [7, 11) is -0.557. The molecule has 0 spiro atoms. The summed E-state index contributed by atoms with van der Waals surface area (Å²) >= 11 is 0. The van der Waals surface area contributed by atoms with Gasteiger partial charge >= 0.3 is 0 Å². The molecule has 0 aliphatic rings. The quantitative estimate of drug-likeness (QED) is 0.886. The maximum Gasteiger partial charge on any atom is 0.276 e. The van der Waals surface area contributed by atoms with Crippen LogP contribution in [0, 0.1) is 5.82 Å². The van der Waals surface area contributed by atoms with E-state index in [0.29, 0.717) is 17.9 Å². The van der Waals surface area contributed by atoms with Crippen LogP contribution in [0.5, 0.6) is 0 Å². The Kier molecular flexibility index (Phi) is 4.76. The third-order valence-corrected chi connectivity index (χ3v) is 4.62. The lowest BCUT2D eigenvalue weighted by Crippen LogP contribution is -2.26. The summed E-state index contributed by atoms with van der Waals surface area (Å²) < 4.78 is 44.3. The summed E-state index contributed by atoms with van der Waals surface area (Å²) in [6.07, 6.45) is 0. The van der Waals surface area contributed by atoms with Gasteiger partial charge in [0.25, 0.3) is 10.0 Å². The molecule has 0 amide bonds. The summed E-state index contributed by atoms with van der Waals surface area (Å²) in [6.45, 7) is 0.519. The molecule has 21 heavy (non-hydrogen) atoms. The molecule has 0 radical (unpaired) electrons. The molecule has 0 bridgehead atoms. The Labute approximate surface area is 123 Å². The summed E-state index contributed by atoms with van der Waals surface area (Å²) in [4.78, 5) is 0. The van der Waals surface area contributed by atoms with E-state index in [4.69, 9.17) is 4.42 Å². The molecule has 1 aromatic carbocycles. The van der Waals surface area contributed by atoms with Crippen LogP contribution in [0.15, 0.2) is 45.9 Å². The van der Waals surface area contributed by atoms with Gasteiger partial charge in [0.2, 0.25) is 5.09 Å². The van der Waals surface area contributed by atoms with Crippen molar-refractivity contribution < 1.29 is 17.2 Å². The van der Waals surface area contributed by atoms with E-state index >= 15 is 0 Å². The van der Waals surface area contributed by atoms with Crippen molar-refractivity contribution in [1.82, 2.24) is 9.62 Å². The highest BCUT2D eigenvalue weighted by atomic mass is 32.2. The summed E-state index contributed by atoms with van der Waals surface area (Å²) in [5.41, 5.74) is 0.572. The Balaban J connectivity index is 2.17. The van der Waals surface area contributed by atoms with Crippen LogP contribution in [0.3, 0.4) is 0 Å². The summed E-state index contributed by atoms with van der Waals surface area (Å²) in [6, 6.07) is 8.87. The van der Waals surface area contributed by atoms with E-state index in [-0.39, 0.29) is 11.6 Å². The van der Waals surface area contributed by atoms with Crippen molar-refractivity contribution >= 4 is 10.0 Å². The highest BCUT2D eigenvalue weighted by molar-refractivity contribution is 7.88. The number of hydrogen-bond donors (Lipinski definition) is 1. The Bertz CT molecular complexity index is 713. The first-order valence-corrected chi connectivity index (χ1v) is 7.81. The topological polar surface area (TPSA) is 62.6 Å². The van der Waals surface area contributed by atoms with Crippen molar-refractivity contribution in [2.24, 2.45) is 0 Å². The highest BCUT2D eigenvalue weighted by Gasteiger charge is 2.24. The molecule has 1 aromatic heterocycles. The van der Waals surface area contributed by atoms with Crippen LogP contribution in [0.25, 0.3) is 0 Å². The van der Waals surface area contributed by atoms with Gasteiger partial charge in [-0.2, -0.15) is 4.31 Å². The molecule has 1 N–H and O–H groups in total. The highest BCUT2D eigenvalue weighted by Crippen LogP contribution is 2.19. The molecule has 0 fully saturated rings. The number of sulfonamides is 1. The summed E-state index contributed by atoms with van der Waals surface area (Å²) in [5, 5.41) is 2.76. The second-order valence-corrected chi connectivity index (χ2v) is 6.62. The number of hydrogen-bond acceptors (Lipinski definition) is 4. The lowest BCUT2D eigenvalue weighted by Gasteiger charge is -2.15. The van der Waals surface area contributed by atoms with Gasteiger partial charge in [-0.25, -0.2) is 12.8 Å². The first-order chi connectivity index (χ1) is 9.93. The molecule has 2 rings (SSSR count). The Morgan fingerprint density at radius 1 is 1.29 bits per heavy atom. The fraction of sp³-hybridized carbons (Fsp3) is 0.286. The van der Waals surface area contributed by atoms with Crippen molar-refractivity contribution in [1.29, 1.82) is 0 Å². The minimum absolute atomic E-state index is 0.0716. The first-order valence-electron chi connectivity index (χ1n) is 6.37. The molecule has 0 aliphatic carbocycles. The van der Waals surface area contributed by atoms with E-state index in [2.05, 4.69) is 5.32 Å². The van der Waals surface area contributed by atoms with E-state index in [0.717, 1.165) is 4.31 Å². The van der Waals surface area contributed by atoms with E-state index < -0.39 is 15.8 Å². The zero-order chi connectivity index (χ0) is 15.5. The van der Waals surface area contributed by atoms with Crippen LogP contribution in [0.1, 0.15) is 11.3 Å². The van der Waals surface area contributed by atoms with Crippen LogP contribution < -0.4 is 5.32 Å². The van der Waals surface area contributed by atoms with E-state index in [1.807, 2.05) is 0 Å². The minimum atomic E-state index is -3.73. The third-order valence-electron chi connectivity index (χ3n) is 2.95. The molecule has 1 heterocycles. The number of rotatable bonds is 6. The SMILES string of the molecule is CNCc1ccc(S(=O)(=O)N(C)Cc2cccc(F)c2)o1. The smallest absolute Gasteiger partial charge is 0.276 e. The van der Waals surface area contributed by atoms with Crippen molar-refractivity contribution in [2.75, 3.05) is 14.1 Å². The maximum absolute atomic E-state index is 13.1. The van der Waals surface area contributed by atoms with Crippen LogP contribution in [-0.4, -0.2) is 26.8 Å². The second-order valence-electron chi connectivity index (χ2n) is 4.64. The Morgan fingerprint density at radius 2 is 2.05 bits per heavy atom. The van der Waals surface area contributed by atoms with Crippen LogP contribution in [-0.2, 0) is 23.1 Å².